The minimum Gasteiger partial charge on any atom is -1.00 e. The van der Waals surface area contributed by atoms with Crippen molar-refractivity contribution in [3.63, 3.8) is 0 Å². The average molecular weight is 384 g/mol. The van der Waals surface area contributed by atoms with Crippen molar-refractivity contribution in [2.75, 3.05) is 18.0 Å². The van der Waals surface area contributed by atoms with Gasteiger partial charge >= 0.3 is 41.7 Å². The molecule has 1 aromatic carbocycles. The van der Waals surface area contributed by atoms with E-state index in [-0.39, 0.29) is 42.3 Å². The fraction of sp³-hybridized carbons (Fsp3) is 0.312. The van der Waals surface area contributed by atoms with Gasteiger partial charge in [0.2, 0.25) is 6.10 Å². The Morgan fingerprint density at radius 1 is 1.36 bits per heavy atom. The number of carbonyl (C=O) groups is 1. The normalized spacial score (nSPS) is 19.4. The molecule has 0 saturated carbocycles. The van der Waals surface area contributed by atoms with E-state index in [1.165, 1.54) is 12.1 Å². The van der Waals surface area contributed by atoms with E-state index in [4.69, 9.17) is 21.4 Å². The molecule has 1 unspecified atom stereocenters. The maximum absolute atomic E-state index is 13.1. The summed E-state index contributed by atoms with van der Waals surface area (Å²) < 4.78 is 44.3. The van der Waals surface area contributed by atoms with Gasteiger partial charge in [-0.2, -0.15) is 13.2 Å². The molecule has 0 fully saturated rings. The molecule has 0 spiro atoms. The van der Waals surface area contributed by atoms with Crippen molar-refractivity contribution in [1.29, 1.82) is 0 Å². The summed E-state index contributed by atoms with van der Waals surface area (Å²) in [5, 5.41) is 9.36. The monoisotopic (exact) mass is 383 g/mol. The Hall–Kier alpha value is -1.15. The number of carboxylic acids is 1. The average Bonchev–Trinajstić information content (AvgIpc) is 2.53. The van der Waals surface area contributed by atoms with Crippen LogP contribution in [0, 0.1) is 0 Å². The van der Waals surface area contributed by atoms with Crippen LogP contribution in [0.5, 0.6) is 5.75 Å². The number of ether oxygens (including phenoxy) is 1. The summed E-state index contributed by atoms with van der Waals surface area (Å²) in [7, 11) is 0. The summed E-state index contributed by atoms with van der Waals surface area (Å²) in [5.41, 5.74) is -0.0817. The molecule has 2 heterocycles. The Bertz CT molecular complexity index is 755. The summed E-state index contributed by atoms with van der Waals surface area (Å²) in [5.74, 6) is -1.71. The molecule has 0 aromatic heterocycles. The topological polar surface area (TPSA) is 49.8 Å². The van der Waals surface area contributed by atoms with Crippen LogP contribution < -0.4 is 39.2 Å². The molecule has 25 heavy (non-hydrogen) atoms. The van der Waals surface area contributed by atoms with Crippen molar-refractivity contribution in [3.05, 3.63) is 40.4 Å². The number of carboxylic acid groups (broad SMARTS) is 1. The van der Waals surface area contributed by atoms with Gasteiger partial charge in [0.1, 0.15) is 5.75 Å². The second-order valence-corrected chi connectivity index (χ2v) is 5.90. The van der Waals surface area contributed by atoms with E-state index in [0.717, 1.165) is 12.5 Å². The second-order valence-electron chi connectivity index (χ2n) is 5.49. The van der Waals surface area contributed by atoms with Crippen LogP contribution in [0.4, 0.5) is 18.9 Å². The van der Waals surface area contributed by atoms with Crippen molar-refractivity contribution in [3.8, 4) is 5.75 Å². The van der Waals surface area contributed by atoms with E-state index in [1.54, 1.807) is 0 Å². The number of alkyl halides is 3. The fourth-order valence-corrected chi connectivity index (χ4v) is 3.02. The third-order valence-electron chi connectivity index (χ3n) is 3.86. The van der Waals surface area contributed by atoms with Gasteiger partial charge in [0.15, 0.2) is 0 Å². The first-order chi connectivity index (χ1) is 11.3. The number of hydrogen-bond donors (Lipinski definition) is 1. The molecule has 2 aliphatic rings. The van der Waals surface area contributed by atoms with Crippen LogP contribution in [0.25, 0.3) is 6.08 Å². The van der Waals surface area contributed by atoms with E-state index in [0.29, 0.717) is 23.8 Å². The summed E-state index contributed by atoms with van der Waals surface area (Å²) in [4.78, 5) is 13.0. The summed E-state index contributed by atoms with van der Waals surface area (Å²) in [6.45, 7) is 1.28. The van der Waals surface area contributed by atoms with E-state index in [1.807, 2.05) is 17.1 Å². The number of hydrogen-bond acceptors (Lipinski definition) is 3. The summed E-state index contributed by atoms with van der Waals surface area (Å²) in [6.07, 6.45) is -1.59. The first-order valence-corrected chi connectivity index (χ1v) is 7.57. The van der Waals surface area contributed by atoms with E-state index in [2.05, 4.69) is 0 Å². The van der Waals surface area contributed by atoms with Crippen LogP contribution in [0.15, 0.2) is 29.9 Å². The largest absolute Gasteiger partial charge is 1.00 e. The molecule has 1 N–H and O–H groups in total. The summed E-state index contributed by atoms with van der Waals surface area (Å²) in [6, 6.07) is 2.87. The summed E-state index contributed by atoms with van der Waals surface area (Å²) >= 11 is 6.23. The second kappa shape index (κ2) is 7.61. The van der Waals surface area contributed by atoms with Gasteiger partial charge in [0.25, 0.3) is 0 Å². The van der Waals surface area contributed by atoms with Crippen LogP contribution in [-0.4, -0.2) is 36.4 Å². The van der Waals surface area contributed by atoms with Crippen LogP contribution in [0.1, 0.15) is 13.4 Å². The SMILES string of the molecule is O=C(O)C1=Cc2cc(Cl)c(N3CC=CCC3)cc2OC1C(F)(F)F.[H-].[Na+]. The third-order valence-corrected chi connectivity index (χ3v) is 4.16. The zero-order valence-electron chi connectivity index (χ0n) is 14.3. The maximum Gasteiger partial charge on any atom is 1.00 e. The molecule has 2 aliphatic heterocycles. The van der Waals surface area contributed by atoms with Gasteiger partial charge in [-0.25, -0.2) is 4.79 Å². The first kappa shape index (κ1) is 20.2. The van der Waals surface area contributed by atoms with Crippen LogP contribution in [0.3, 0.4) is 0 Å². The Morgan fingerprint density at radius 3 is 2.64 bits per heavy atom. The predicted octanol–water partition coefficient (Wildman–Crippen LogP) is 1.01. The molecular formula is C16H14ClF3NNaO3. The van der Waals surface area contributed by atoms with Gasteiger partial charge in [-0.15, -0.1) is 0 Å². The van der Waals surface area contributed by atoms with Crippen molar-refractivity contribution in [1.82, 2.24) is 0 Å². The Balaban J connectivity index is 0.00000169. The van der Waals surface area contributed by atoms with Crippen LogP contribution in [0.2, 0.25) is 5.02 Å². The van der Waals surface area contributed by atoms with Crippen molar-refractivity contribution >= 4 is 29.3 Å². The minimum atomic E-state index is -4.82. The van der Waals surface area contributed by atoms with Crippen molar-refractivity contribution in [2.24, 2.45) is 0 Å². The van der Waals surface area contributed by atoms with Gasteiger partial charge in [-0.1, -0.05) is 23.8 Å². The van der Waals surface area contributed by atoms with Crippen molar-refractivity contribution in [2.45, 2.75) is 18.7 Å². The van der Waals surface area contributed by atoms with Gasteiger partial charge in [0, 0.05) is 24.7 Å². The smallest absolute Gasteiger partial charge is 1.00 e. The third kappa shape index (κ3) is 4.16. The molecule has 1 atom stereocenters. The molecule has 130 valence electrons. The molecule has 9 heteroatoms. The Labute approximate surface area is 170 Å². The molecule has 1 aromatic rings. The zero-order valence-corrected chi connectivity index (χ0v) is 16.1. The van der Waals surface area contributed by atoms with E-state index >= 15 is 0 Å². The quantitative estimate of drug-likeness (QED) is 0.612. The molecule has 3 rings (SSSR count). The molecule has 4 nitrogen and oxygen atoms in total. The van der Waals surface area contributed by atoms with Crippen LogP contribution in [-0.2, 0) is 4.79 Å². The zero-order chi connectivity index (χ0) is 17.5. The standard InChI is InChI=1S/C16H13ClF3NO3.Na.H/c17-11-7-9-6-10(15(22)23)14(16(18,19)20)24-13(9)8-12(11)21-4-2-1-3-5-21;;/h1-2,6-8,14H,3-5H2,(H,22,23);;/q;+1;-1. The minimum absolute atomic E-state index is 0. The molecule has 0 aliphatic carbocycles. The molecule has 0 bridgehead atoms. The predicted molar refractivity (Wildman–Crippen MR) is 84.6 cm³/mol. The number of rotatable bonds is 2. The van der Waals surface area contributed by atoms with Gasteiger partial charge in [-0.3, -0.25) is 0 Å². The number of anilines is 1. The number of aliphatic carboxylic acids is 1. The fourth-order valence-electron chi connectivity index (χ4n) is 2.73. The van der Waals surface area contributed by atoms with Gasteiger partial charge in [0.05, 0.1) is 16.3 Å². The number of halogens is 4. The number of nitrogens with zero attached hydrogens (tertiary/aromatic N) is 1. The van der Waals surface area contributed by atoms with E-state index in [9.17, 15) is 18.0 Å². The van der Waals surface area contributed by atoms with Crippen LogP contribution >= 0.6 is 11.6 Å². The number of fused-ring (bicyclic) bond motifs is 1. The molecule has 0 saturated heterocycles. The maximum atomic E-state index is 13.1. The molecular weight excluding hydrogens is 370 g/mol. The van der Waals surface area contributed by atoms with Crippen molar-refractivity contribution < 1.29 is 58.8 Å². The van der Waals surface area contributed by atoms with Gasteiger partial charge < -0.3 is 16.2 Å². The van der Waals surface area contributed by atoms with E-state index < -0.39 is 23.8 Å². The number of benzene rings is 1. The first-order valence-electron chi connectivity index (χ1n) is 7.19. The molecule has 0 amide bonds. The van der Waals surface area contributed by atoms with Gasteiger partial charge in [-0.05, 0) is 18.6 Å². The molecule has 0 radical (unpaired) electrons. The Morgan fingerprint density at radius 2 is 2.08 bits per heavy atom. The Kier molecular flexibility index (Phi) is 6.14.